The second-order valence-electron chi connectivity index (χ2n) is 17.2. The Morgan fingerprint density at radius 2 is 0.721 bits per heavy atom. The lowest BCUT2D eigenvalue weighted by Crippen LogP contribution is -2.03. The Balaban J connectivity index is 1.08. The number of benzene rings is 10. The van der Waals surface area contributed by atoms with E-state index in [0.29, 0.717) is 17.5 Å². The maximum absolute atomic E-state index is 5.21. The van der Waals surface area contributed by atoms with Crippen LogP contribution in [0.15, 0.2) is 249 Å². The minimum atomic E-state index is 0.607. The van der Waals surface area contributed by atoms with Gasteiger partial charge in [-0.15, -0.1) is 0 Å². The summed E-state index contributed by atoms with van der Waals surface area (Å²) in [4.78, 5) is 15.4. The molecule has 0 fully saturated rings. The molecule has 68 heavy (non-hydrogen) atoms. The summed E-state index contributed by atoms with van der Waals surface area (Å²) in [6, 6.07) is 88.4. The van der Waals surface area contributed by atoms with Gasteiger partial charge in [0.25, 0.3) is 0 Å². The molecule has 10 aromatic carbocycles. The zero-order valence-electron chi connectivity index (χ0n) is 36.9. The Hall–Kier alpha value is -9.19. The van der Waals surface area contributed by atoms with Crippen molar-refractivity contribution in [3.05, 3.63) is 249 Å². The Kier molecular flexibility index (Phi) is 9.43. The van der Waals surface area contributed by atoms with E-state index < -0.39 is 0 Å². The largest absolute Gasteiger partial charge is 0.308 e. The highest BCUT2D eigenvalue weighted by Crippen LogP contribution is 2.44. The van der Waals surface area contributed by atoms with Gasteiger partial charge in [0.05, 0.1) is 27.8 Å². The molecule has 0 aliphatic rings. The van der Waals surface area contributed by atoms with E-state index >= 15 is 0 Å². The molecule has 0 saturated heterocycles. The second-order valence-corrected chi connectivity index (χ2v) is 17.2. The first-order valence-electron chi connectivity index (χ1n) is 23.0. The van der Waals surface area contributed by atoms with Crippen LogP contribution in [0.2, 0.25) is 0 Å². The number of rotatable bonds is 8. The fourth-order valence-corrected chi connectivity index (χ4v) is 10.0. The summed E-state index contributed by atoms with van der Waals surface area (Å²) in [5.41, 5.74) is 16.3. The first-order valence-corrected chi connectivity index (χ1v) is 23.0. The average molecular weight is 868 g/mol. The third-order valence-corrected chi connectivity index (χ3v) is 13.1. The Morgan fingerprint density at radius 1 is 0.265 bits per heavy atom. The van der Waals surface area contributed by atoms with E-state index in [2.05, 4.69) is 221 Å². The van der Waals surface area contributed by atoms with Crippen LogP contribution >= 0.6 is 0 Å². The summed E-state index contributed by atoms with van der Waals surface area (Å²) in [7, 11) is 0. The van der Waals surface area contributed by atoms with Crippen LogP contribution in [-0.4, -0.2) is 24.1 Å². The van der Waals surface area contributed by atoms with Gasteiger partial charge in [-0.05, 0) is 88.0 Å². The molecular weight excluding hydrogens is 827 g/mol. The standard InChI is InChI=1S/C63H41N5/c1-5-20-42(21-6-1)46-28-19-29-47(38-46)49-39-48(43-22-7-2-8-23-43)40-50(41-49)67-55-33-16-13-30-51(55)52-36-37-58-59(60(52)67)53-31-14-17-34-56(53)68(58)57-35-18-15-32-54(57)63-65-61(44-24-9-3-10-25-44)64-62(66-63)45-26-11-4-12-27-45/h1-41H. The van der Waals surface area contributed by atoms with Crippen molar-refractivity contribution in [2.45, 2.75) is 0 Å². The van der Waals surface area contributed by atoms with E-state index in [9.17, 15) is 0 Å². The first-order chi connectivity index (χ1) is 33.7. The molecule has 3 heterocycles. The van der Waals surface area contributed by atoms with E-state index in [0.717, 1.165) is 77.8 Å². The maximum Gasteiger partial charge on any atom is 0.166 e. The molecule has 0 atom stereocenters. The third-order valence-electron chi connectivity index (χ3n) is 13.1. The topological polar surface area (TPSA) is 48.5 Å². The Bertz CT molecular complexity index is 3950. The smallest absolute Gasteiger partial charge is 0.166 e. The van der Waals surface area contributed by atoms with Crippen molar-refractivity contribution in [3.63, 3.8) is 0 Å². The van der Waals surface area contributed by atoms with Crippen LogP contribution in [0.25, 0.3) is 123 Å². The van der Waals surface area contributed by atoms with Gasteiger partial charge in [-0.1, -0.05) is 194 Å². The number of hydrogen-bond acceptors (Lipinski definition) is 3. The molecule has 318 valence electrons. The fraction of sp³-hybridized carbons (Fsp3) is 0. The van der Waals surface area contributed by atoms with Gasteiger partial charge >= 0.3 is 0 Å². The molecule has 0 aliphatic heterocycles. The van der Waals surface area contributed by atoms with Crippen molar-refractivity contribution in [2.24, 2.45) is 0 Å². The van der Waals surface area contributed by atoms with Gasteiger partial charge in [-0.3, -0.25) is 0 Å². The fourth-order valence-electron chi connectivity index (χ4n) is 10.0. The van der Waals surface area contributed by atoms with Gasteiger partial charge in [0, 0.05) is 43.9 Å². The van der Waals surface area contributed by atoms with Crippen molar-refractivity contribution in [1.82, 2.24) is 24.1 Å². The quantitative estimate of drug-likeness (QED) is 0.153. The molecule has 0 saturated carbocycles. The molecular formula is C63H41N5. The SMILES string of the molecule is c1ccc(-c2cccc(-c3cc(-c4ccccc4)cc(-n4c5ccccc5c5ccc6c(c7ccccc7n6-c6ccccc6-c6nc(-c7ccccc7)nc(-c7ccccc7)n6)c54)c3)c2)cc1. The van der Waals surface area contributed by atoms with Gasteiger partial charge in [-0.2, -0.15) is 0 Å². The Morgan fingerprint density at radius 3 is 1.37 bits per heavy atom. The minimum absolute atomic E-state index is 0.607. The summed E-state index contributed by atoms with van der Waals surface area (Å²) < 4.78 is 4.90. The van der Waals surface area contributed by atoms with E-state index in [1.165, 1.54) is 27.3 Å². The lowest BCUT2D eigenvalue weighted by molar-refractivity contribution is 1.06. The molecule has 13 aromatic rings. The molecule has 0 aliphatic carbocycles. The van der Waals surface area contributed by atoms with Crippen LogP contribution in [0.3, 0.4) is 0 Å². The molecule has 5 nitrogen and oxygen atoms in total. The van der Waals surface area contributed by atoms with E-state index in [1.54, 1.807) is 0 Å². The summed E-state index contributed by atoms with van der Waals surface area (Å²) in [6.45, 7) is 0. The number of aromatic nitrogens is 5. The number of nitrogens with zero attached hydrogens (tertiary/aromatic N) is 5. The highest BCUT2D eigenvalue weighted by molar-refractivity contribution is 6.26. The molecule has 3 aromatic heterocycles. The monoisotopic (exact) mass is 867 g/mol. The minimum Gasteiger partial charge on any atom is -0.308 e. The maximum atomic E-state index is 5.21. The number of fused-ring (bicyclic) bond motifs is 7. The molecule has 0 N–H and O–H groups in total. The molecule has 0 bridgehead atoms. The molecule has 0 amide bonds. The number of hydrogen-bond donors (Lipinski definition) is 0. The summed E-state index contributed by atoms with van der Waals surface area (Å²) in [5, 5.41) is 4.73. The molecule has 0 unspecified atom stereocenters. The van der Waals surface area contributed by atoms with Crippen molar-refractivity contribution in [1.29, 1.82) is 0 Å². The third kappa shape index (κ3) is 6.68. The van der Waals surface area contributed by atoms with Crippen LogP contribution in [0.1, 0.15) is 0 Å². The zero-order chi connectivity index (χ0) is 45.0. The van der Waals surface area contributed by atoms with Gasteiger partial charge in [0.15, 0.2) is 17.5 Å². The average Bonchev–Trinajstić information content (AvgIpc) is 3.95. The van der Waals surface area contributed by atoms with Crippen LogP contribution in [-0.2, 0) is 0 Å². The molecule has 0 radical (unpaired) electrons. The van der Waals surface area contributed by atoms with Gasteiger partial charge in [0.1, 0.15) is 0 Å². The van der Waals surface area contributed by atoms with E-state index in [1.807, 2.05) is 36.4 Å². The van der Waals surface area contributed by atoms with Crippen LogP contribution in [0.5, 0.6) is 0 Å². The molecule has 13 rings (SSSR count). The van der Waals surface area contributed by atoms with Crippen molar-refractivity contribution in [2.75, 3.05) is 0 Å². The predicted octanol–water partition coefficient (Wildman–Crippen LogP) is 16.1. The lowest BCUT2D eigenvalue weighted by Gasteiger charge is -2.16. The number of para-hydroxylation sites is 3. The predicted molar refractivity (Wildman–Crippen MR) is 281 cm³/mol. The highest BCUT2D eigenvalue weighted by atomic mass is 15.1. The van der Waals surface area contributed by atoms with E-state index in [4.69, 9.17) is 15.0 Å². The summed E-state index contributed by atoms with van der Waals surface area (Å²) in [6.07, 6.45) is 0. The zero-order valence-corrected chi connectivity index (χ0v) is 36.9. The summed E-state index contributed by atoms with van der Waals surface area (Å²) >= 11 is 0. The van der Waals surface area contributed by atoms with E-state index in [-0.39, 0.29) is 0 Å². The van der Waals surface area contributed by atoms with Crippen LogP contribution < -0.4 is 0 Å². The van der Waals surface area contributed by atoms with Crippen molar-refractivity contribution >= 4 is 43.6 Å². The highest BCUT2D eigenvalue weighted by Gasteiger charge is 2.24. The molecule has 5 heteroatoms. The first kappa shape index (κ1) is 39.2. The van der Waals surface area contributed by atoms with Crippen molar-refractivity contribution < 1.29 is 0 Å². The van der Waals surface area contributed by atoms with Crippen molar-refractivity contribution in [3.8, 4) is 78.9 Å². The lowest BCUT2D eigenvalue weighted by atomic mass is 9.95. The summed E-state index contributed by atoms with van der Waals surface area (Å²) in [5.74, 6) is 1.86. The second kappa shape index (κ2) is 16.4. The van der Waals surface area contributed by atoms with Gasteiger partial charge in [-0.25, -0.2) is 15.0 Å². The van der Waals surface area contributed by atoms with Crippen LogP contribution in [0, 0.1) is 0 Å². The van der Waals surface area contributed by atoms with Gasteiger partial charge < -0.3 is 9.13 Å². The van der Waals surface area contributed by atoms with Crippen LogP contribution in [0.4, 0.5) is 0 Å². The van der Waals surface area contributed by atoms with Gasteiger partial charge in [0.2, 0.25) is 0 Å². The molecule has 0 spiro atoms. The normalized spacial score (nSPS) is 11.5. The Labute approximate surface area is 393 Å².